The largest absolute Gasteiger partial charge is 0.494 e. The standard InChI is InChI=1S/C22H24N2O2/c1-15(25)16-2-4-17(5-3-16)19-12-18-6-9-24-14-21(18)22(13-19)26-20-7-10-23-11-8-20/h2-6,9,12-14,18,20-21,23H,7-8,10-11H2,1H3. The zero-order valence-corrected chi connectivity index (χ0v) is 15.0. The molecule has 0 aromatic heterocycles. The second kappa shape index (κ2) is 7.42. The van der Waals surface area contributed by atoms with Crippen LogP contribution >= 0.6 is 0 Å². The van der Waals surface area contributed by atoms with Gasteiger partial charge in [-0.15, -0.1) is 0 Å². The van der Waals surface area contributed by atoms with E-state index in [2.05, 4.69) is 28.5 Å². The van der Waals surface area contributed by atoms with Gasteiger partial charge in [-0.25, -0.2) is 0 Å². The molecule has 1 aliphatic carbocycles. The van der Waals surface area contributed by atoms with Crippen molar-refractivity contribution in [2.45, 2.75) is 25.9 Å². The number of ketones is 1. The smallest absolute Gasteiger partial charge is 0.159 e. The van der Waals surface area contributed by atoms with Crippen molar-refractivity contribution < 1.29 is 9.53 Å². The van der Waals surface area contributed by atoms with Gasteiger partial charge in [-0.3, -0.25) is 9.79 Å². The zero-order valence-electron chi connectivity index (χ0n) is 15.0. The van der Waals surface area contributed by atoms with Crippen LogP contribution in [0.3, 0.4) is 0 Å². The van der Waals surface area contributed by atoms with Crippen LogP contribution in [0.25, 0.3) is 5.57 Å². The van der Waals surface area contributed by atoms with Crippen LogP contribution in [0.15, 0.2) is 59.4 Å². The highest BCUT2D eigenvalue weighted by Gasteiger charge is 2.29. The number of fused-ring (bicyclic) bond motifs is 1. The maximum Gasteiger partial charge on any atom is 0.159 e. The van der Waals surface area contributed by atoms with Crippen molar-refractivity contribution in [3.8, 4) is 0 Å². The number of ether oxygens (including phenoxy) is 1. The number of Topliss-reactive ketones (excluding diaryl/α,β-unsaturated/α-hetero) is 1. The molecule has 2 atom stereocenters. The molecule has 0 bridgehead atoms. The number of carbonyl (C=O) groups excluding carboxylic acids is 1. The molecule has 0 spiro atoms. The maximum atomic E-state index is 11.5. The number of hydrogen-bond acceptors (Lipinski definition) is 4. The molecule has 0 amide bonds. The minimum atomic E-state index is 0.0890. The summed E-state index contributed by atoms with van der Waals surface area (Å²) in [6.45, 7) is 3.61. The Labute approximate surface area is 154 Å². The number of piperidine rings is 1. The van der Waals surface area contributed by atoms with Gasteiger partial charge in [-0.1, -0.05) is 36.4 Å². The van der Waals surface area contributed by atoms with E-state index in [1.807, 2.05) is 36.7 Å². The Morgan fingerprint density at radius 2 is 1.96 bits per heavy atom. The van der Waals surface area contributed by atoms with Crippen LogP contribution in [0.2, 0.25) is 0 Å². The quantitative estimate of drug-likeness (QED) is 0.843. The molecule has 1 aromatic rings. The van der Waals surface area contributed by atoms with Gasteiger partial charge in [-0.2, -0.15) is 0 Å². The molecule has 3 aliphatic rings. The fourth-order valence-corrected chi connectivity index (χ4v) is 3.73. The van der Waals surface area contributed by atoms with Crippen LogP contribution in [0.1, 0.15) is 35.7 Å². The van der Waals surface area contributed by atoms with Crippen molar-refractivity contribution in [3.05, 3.63) is 65.6 Å². The molecule has 0 radical (unpaired) electrons. The van der Waals surface area contributed by atoms with Gasteiger partial charge in [-0.05, 0) is 50.1 Å². The Bertz CT molecular complexity index is 796. The van der Waals surface area contributed by atoms with E-state index in [-0.39, 0.29) is 23.7 Å². The third-order valence-corrected chi connectivity index (χ3v) is 5.27. The molecular weight excluding hydrogens is 324 g/mol. The average molecular weight is 348 g/mol. The molecule has 4 heteroatoms. The molecule has 26 heavy (non-hydrogen) atoms. The molecule has 4 nitrogen and oxygen atoms in total. The summed E-state index contributed by atoms with van der Waals surface area (Å²) in [5.74, 6) is 1.53. The highest BCUT2D eigenvalue weighted by molar-refractivity contribution is 5.94. The van der Waals surface area contributed by atoms with Crippen LogP contribution in [-0.4, -0.2) is 31.2 Å². The fraction of sp³-hybridized carbons (Fsp3) is 0.364. The third-order valence-electron chi connectivity index (χ3n) is 5.27. The molecule has 1 N–H and O–H groups in total. The molecule has 2 unspecified atom stereocenters. The minimum Gasteiger partial charge on any atom is -0.494 e. The monoisotopic (exact) mass is 348 g/mol. The van der Waals surface area contributed by atoms with Crippen molar-refractivity contribution >= 4 is 17.6 Å². The van der Waals surface area contributed by atoms with Gasteiger partial charge in [0.15, 0.2) is 5.78 Å². The van der Waals surface area contributed by atoms with Gasteiger partial charge in [0.25, 0.3) is 0 Å². The lowest BCUT2D eigenvalue weighted by atomic mass is 9.82. The first-order valence-corrected chi connectivity index (χ1v) is 9.33. The average Bonchev–Trinajstić information content (AvgIpc) is 2.69. The van der Waals surface area contributed by atoms with Crippen LogP contribution < -0.4 is 5.32 Å². The van der Waals surface area contributed by atoms with E-state index in [1.54, 1.807) is 6.92 Å². The summed E-state index contributed by atoms with van der Waals surface area (Å²) in [7, 11) is 0. The zero-order chi connectivity index (χ0) is 17.9. The van der Waals surface area contributed by atoms with E-state index in [4.69, 9.17) is 4.74 Å². The predicted octanol–water partition coefficient (Wildman–Crippen LogP) is 3.77. The number of nitrogens with one attached hydrogen (secondary N) is 1. The molecule has 4 rings (SSSR count). The molecule has 134 valence electrons. The van der Waals surface area contributed by atoms with Crippen molar-refractivity contribution in [2.75, 3.05) is 13.1 Å². The van der Waals surface area contributed by atoms with Crippen molar-refractivity contribution in [3.63, 3.8) is 0 Å². The summed E-state index contributed by atoms with van der Waals surface area (Å²) in [4.78, 5) is 15.8. The number of aliphatic imine (C=N–C) groups is 1. The lowest BCUT2D eigenvalue weighted by Crippen LogP contribution is -2.34. The lowest BCUT2D eigenvalue weighted by Gasteiger charge is -2.32. The van der Waals surface area contributed by atoms with Gasteiger partial charge in [0.2, 0.25) is 0 Å². The first kappa shape index (κ1) is 17.0. The van der Waals surface area contributed by atoms with E-state index in [9.17, 15) is 4.79 Å². The Kier molecular flexibility index (Phi) is 4.85. The van der Waals surface area contributed by atoms with E-state index in [1.165, 1.54) is 0 Å². The Morgan fingerprint density at radius 3 is 2.69 bits per heavy atom. The van der Waals surface area contributed by atoms with Crippen LogP contribution in [0.5, 0.6) is 0 Å². The molecule has 0 saturated carbocycles. The number of benzene rings is 1. The second-order valence-corrected chi connectivity index (χ2v) is 7.11. The van der Waals surface area contributed by atoms with Gasteiger partial charge in [0, 0.05) is 23.9 Å². The van der Waals surface area contributed by atoms with Crippen molar-refractivity contribution in [1.82, 2.24) is 5.32 Å². The van der Waals surface area contributed by atoms with Gasteiger partial charge >= 0.3 is 0 Å². The molecule has 1 fully saturated rings. The Hall–Kier alpha value is -2.46. The first-order valence-electron chi connectivity index (χ1n) is 9.33. The molecule has 2 heterocycles. The van der Waals surface area contributed by atoms with E-state index in [0.29, 0.717) is 0 Å². The van der Waals surface area contributed by atoms with Crippen LogP contribution in [0.4, 0.5) is 0 Å². The summed E-state index contributed by atoms with van der Waals surface area (Å²) in [6.07, 6.45) is 12.7. The van der Waals surface area contributed by atoms with Crippen molar-refractivity contribution in [2.24, 2.45) is 16.8 Å². The minimum absolute atomic E-state index is 0.0890. The topological polar surface area (TPSA) is 50.7 Å². The third kappa shape index (κ3) is 3.56. The second-order valence-electron chi connectivity index (χ2n) is 7.11. The first-order chi connectivity index (χ1) is 12.7. The summed E-state index contributed by atoms with van der Waals surface area (Å²) in [5, 5.41) is 3.38. The number of hydrogen-bond donors (Lipinski definition) is 1. The number of allylic oxidation sites excluding steroid dienone is 5. The highest BCUT2D eigenvalue weighted by atomic mass is 16.5. The van der Waals surface area contributed by atoms with E-state index in [0.717, 1.165) is 48.4 Å². The Morgan fingerprint density at radius 1 is 1.19 bits per heavy atom. The number of nitrogens with zero attached hydrogens (tertiary/aromatic N) is 1. The molecular formula is C22H24N2O2. The molecule has 1 aromatic carbocycles. The van der Waals surface area contributed by atoms with Gasteiger partial charge in [0.05, 0.1) is 5.92 Å². The number of carbonyl (C=O) groups is 1. The Balaban J connectivity index is 1.62. The molecule has 1 saturated heterocycles. The van der Waals surface area contributed by atoms with E-state index < -0.39 is 0 Å². The normalized spacial score (nSPS) is 25.3. The summed E-state index contributed by atoms with van der Waals surface area (Å²) < 4.78 is 6.42. The van der Waals surface area contributed by atoms with Crippen LogP contribution in [0, 0.1) is 11.8 Å². The lowest BCUT2D eigenvalue weighted by molar-refractivity contribution is 0.0735. The molecule has 2 aliphatic heterocycles. The van der Waals surface area contributed by atoms with E-state index >= 15 is 0 Å². The highest BCUT2D eigenvalue weighted by Crippen LogP contribution is 2.36. The SMILES string of the molecule is CC(=O)c1ccc(C2=CC3C=CN=CC3C(OC3CCNCC3)=C2)cc1. The predicted molar refractivity (Wildman–Crippen MR) is 104 cm³/mol. The van der Waals surface area contributed by atoms with Crippen molar-refractivity contribution in [1.29, 1.82) is 0 Å². The summed E-state index contributed by atoms with van der Waals surface area (Å²) in [5.41, 5.74) is 2.99. The summed E-state index contributed by atoms with van der Waals surface area (Å²) in [6, 6.07) is 7.82. The van der Waals surface area contributed by atoms with Crippen LogP contribution in [-0.2, 0) is 4.74 Å². The summed E-state index contributed by atoms with van der Waals surface area (Å²) >= 11 is 0. The van der Waals surface area contributed by atoms with Gasteiger partial charge < -0.3 is 10.1 Å². The van der Waals surface area contributed by atoms with Gasteiger partial charge in [0.1, 0.15) is 11.9 Å². The fourth-order valence-electron chi connectivity index (χ4n) is 3.73. The number of rotatable bonds is 4. The maximum absolute atomic E-state index is 11.5.